The second-order valence-corrected chi connectivity index (χ2v) is 6.06. The fraction of sp³-hybridized carbons (Fsp3) is 0.125. The highest BCUT2D eigenvalue weighted by Gasteiger charge is 2.13. The van der Waals surface area contributed by atoms with Crippen LogP contribution >= 0.6 is 34.8 Å². The smallest absolute Gasteiger partial charge is 0.161 e. The van der Waals surface area contributed by atoms with E-state index in [9.17, 15) is 0 Å². The van der Waals surface area contributed by atoms with Gasteiger partial charge in [-0.1, -0.05) is 53.0 Å². The van der Waals surface area contributed by atoms with E-state index < -0.39 is 0 Å². The van der Waals surface area contributed by atoms with E-state index in [4.69, 9.17) is 34.8 Å². The van der Waals surface area contributed by atoms with Crippen LogP contribution in [0.15, 0.2) is 30.3 Å². The van der Waals surface area contributed by atoms with Gasteiger partial charge >= 0.3 is 0 Å². The topological polar surface area (TPSA) is 25.8 Å². The molecule has 1 heterocycles. The van der Waals surface area contributed by atoms with Gasteiger partial charge in [-0.25, -0.2) is 9.97 Å². The lowest BCUT2D eigenvalue weighted by Crippen LogP contribution is -1.94. The summed E-state index contributed by atoms with van der Waals surface area (Å²) in [4.78, 5) is 8.93. The zero-order valence-corrected chi connectivity index (χ0v) is 13.7. The minimum atomic E-state index is 0.395. The van der Waals surface area contributed by atoms with Crippen LogP contribution in [0.1, 0.15) is 11.1 Å². The van der Waals surface area contributed by atoms with Crippen LogP contribution in [0, 0.1) is 13.8 Å². The SMILES string of the molecule is Cc1ccc(-c2nc(Cl)c3c(C)ccc(Cl)c3n2)cc1Cl. The predicted molar refractivity (Wildman–Crippen MR) is 89.5 cm³/mol. The Kier molecular flexibility index (Phi) is 3.78. The van der Waals surface area contributed by atoms with Gasteiger partial charge in [0.1, 0.15) is 5.15 Å². The van der Waals surface area contributed by atoms with E-state index in [2.05, 4.69) is 9.97 Å². The van der Waals surface area contributed by atoms with Gasteiger partial charge < -0.3 is 0 Å². The molecule has 0 radical (unpaired) electrons. The highest BCUT2D eigenvalue weighted by atomic mass is 35.5. The monoisotopic (exact) mass is 336 g/mol. The second kappa shape index (κ2) is 5.45. The van der Waals surface area contributed by atoms with Gasteiger partial charge in [-0.05, 0) is 37.1 Å². The Hall–Kier alpha value is -1.35. The second-order valence-electron chi connectivity index (χ2n) is 4.89. The molecule has 0 unspecified atom stereocenters. The first kappa shape index (κ1) is 14.6. The van der Waals surface area contributed by atoms with E-state index in [0.29, 0.717) is 26.5 Å². The first-order valence-electron chi connectivity index (χ1n) is 6.36. The Bertz CT molecular complexity index is 860. The maximum Gasteiger partial charge on any atom is 0.161 e. The molecule has 0 bridgehead atoms. The van der Waals surface area contributed by atoms with Crippen molar-refractivity contribution in [3.8, 4) is 11.4 Å². The van der Waals surface area contributed by atoms with E-state index in [1.165, 1.54) is 0 Å². The van der Waals surface area contributed by atoms with E-state index in [1.54, 1.807) is 0 Å². The van der Waals surface area contributed by atoms with Crippen molar-refractivity contribution in [2.75, 3.05) is 0 Å². The zero-order chi connectivity index (χ0) is 15.1. The van der Waals surface area contributed by atoms with Crippen molar-refractivity contribution < 1.29 is 0 Å². The fourth-order valence-electron chi connectivity index (χ4n) is 2.18. The molecule has 2 nitrogen and oxygen atoms in total. The number of fused-ring (bicyclic) bond motifs is 1. The third kappa shape index (κ3) is 2.59. The molecule has 0 aliphatic rings. The maximum absolute atomic E-state index is 6.32. The van der Waals surface area contributed by atoms with Crippen LogP contribution in [-0.2, 0) is 0 Å². The molecule has 2 aromatic carbocycles. The Morgan fingerprint density at radius 2 is 1.52 bits per heavy atom. The predicted octanol–water partition coefficient (Wildman–Crippen LogP) is 5.87. The van der Waals surface area contributed by atoms with E-state index in [0.717, 1.165) is 22.1 Å². The molecule has 0 aliphatic carbocycles. The first-order valence-corrected chi connectivity index (χ1v) is 7.49. The normalized spacial score (nSPS) is 11.1. The molecule has 0 spiro atoms. The summed E-state index contributed by atoms with van der Waals surface area (Å²) in [6.45, 7) is 3.90. The molecular formula is C16H11Cl3N2. The number of halogens is 3. The summed E-state index contributed by atoms with van der Waals surface area (Å²) in [6, 6.07) is 9.40. The molecule has 3 aromatic rings. The third-order valence-corrected chi connectivity index (χ3v) is 4.38. The molecule has 0 fully saturated rings. The van der Waals surface area contributed by atoms with Crippen LogP contribution in [0.5, 0.6) is 0 Å². The van der Waals surface area contributed by atoms with Crippen LogP contribution in [0.25, 0.3) is 22.3 Å². The molecule has 0 N–H and O–H groups in total. The fourth-order valence-corrected chi connectivity index (χ4v) is 2.88. The highest BCUT2D eigenvalue weighted by molar-refractivity contribution is 6.39. The van der Waals surface area contributed by atoms with Crippen LogP contribution < -0.4 is 0 Å². The van der Waals surface area contributed by atoms with Gasteiger partial charge in [0.2, 0.25) is 0 Å². The van der Waals surface area contributed by atoms with Gasteiger partial charge in [0.15, 0.2) is 5.82 Å². The molecule has 0 aliphatic heterocycles. The molecule has 1 aromatic heterocycles. The van der Waals surface area contributed by atoms with E-state index >= 15 is 0 Å². The quantitative estimate of drug-likeness (QED) is 0.519. The lowest BCUT2D eigenvalue weighted by atomic mass is 10.1. The van der Waals surface area contributed by atoms with Gasteiger partial charge in [0.25, 0.3) is 0 Å². The highest BCUT2D eigenvalue weighted by Crippen LogP contribution is 2.32. The summed E-state index contributed by atoms with van der Waals surface area (Å²) in [5, 5.41) is 2.40. The van der Waals surface area contributed by atoms with Crippen molar-refractivity contribution in [1.29, 1.82) is 0 Å². The molecule has 106 valence electrons. The summed E-state index contributed by atoms with van der Waals surface area (Å²) >= 11 is 18.7. The molecule has 0 saturated carbocycles. The number of benzene rings is 2. The van der Waals surface area contributed by atoms with Crippen molar-refractivity contribution in [3.05, 3.63) is 56.7 Å². The van der Waals surface area contributed by atoms with Crippen LogP contribution in [0.3, 0.4) is 0 Å². The number of nitrogens with zero attached hydrogens (tertiary/aromatic N) is 2. The van der Waals surface area contributed by atoms with Crippen LogP contribution in [0.4, 0.5) is 0 Å². The molecular weight excluding hydrogens is 327 g/mol. The van der Waals surface area contributed by atoms with Crippen molar-refractivity contribution >= 4 is 45.7 Å². The van der Waals surface area contributed by atoms with Gasteiger partial charge in [-0.2, -0.15) is 0 Å². The Labute approximate surface area is 137 Å². The van der Waals surface area contributed by atoms with Gasteiger partial charge in [0, 0.05) is 16.0 Å². The Morgan fingerprint density at radius 1 is 0.810 bits per heavy atom. The van der Waals surface area contributed by atoms with Crippen LogP contribution in [-0.4, -0.2) is 9.97 Å². The maximum atomic E-state index is 6.32. The van der Waals surface area contributed by atoms with Crippen molar-refractivity contribution in [2.45, 2.75) is 13.8 Å². The van der Waals surface area contributed by atoms with Gasteiger partial charge in [0.05, 0.1) is 10.5 Å². The van der Waals surface area contributed by atoms with Crippen LogP contribution in [0.2, 0.25) is 15.2 Å². The molecule has 0 saturated heterocycles. The molecule has 0 amide bonds. The van der Waals surface area contributed by atoms with Crippen molar-refractivity contribution in [2.24, 2.45) is 0 Å². The van der Waals surface area contributed by atoms with E-state index in [-0.39, 0.29) is 0 Å². The average molecular weight is 338 g/mol. The first-order chi connectivity index (χ1) is 9.97. The molecule has 5 heteroatoms. The minimum absolute atomic E-state index is 0.395. The number of aromatic nitrogens is 2. The standard InChI is InChI=1S/C16H11Cl3N2/c1-8-3-5-10(7-12(8)18)16-20-14-11(17)6-4-9(2)13(14)15(19)21-16/h3-7H,1-2H3. The summed E-state index contributed by atoms with van der Waals surface area (Å²) in [5.41, 5.74) is 3.46. The molecule has 0 atom stereocenters. The number of aryl methyl sites for hydroxylation is 2. The number of hydrogen-bond donors (Lipinski definition) is 0. The minimum Gasteiger partial charge on any atom is -0.226 e. The lowest BCUT2D eigenvalue weighted by Gasteiger charge is -2.09. The third-order valence-electron chi connectivity index (χ3n) is 3.40. The largest absolute Gasteiger partial charge is 0.226 e. The summed E-state index contributed by atoms with van der Waals surface area (Å²) in [7, 11) is 0. The Morgan fingerprint density at radius 3 is 2.24 bits per heavy atom. The van der Waals surface area contributed by atoms with Crippen molar-refractivity contribution in [3.63, 3.8) is 0 Å². The van der Waals surface area contributed by atoms with Gasteiger partial charge in [-0.3, -0.25) is 0 Å². The lowest BCUT2D eigenvalue weighted by molar-refractivity contribution is 1.22. The number of hydrogen-bond acceptors (Lipinski definition) is 2. The Balaban J connectivity index is 2.30. The average Bonchev–Trinajstić information content (AvgIpc) is 2.45. The molecule has 3 rings (SSSR count). The summed E-state index contributed by atoms with van der Waals surface area (Å²) < 4.78 is 0. The molecule has 21 heavy (non-hydrogen) atoms. The zero-order valence-electron chi connectivity index (χ0n) is 11.4. The van der Waals surface area contributed by atoms with Gasteiger partial charge in [-0.15, -0.1) is 0 Å². The summed E-state index contributed by atoms with van der Waals surface area (Å²) in [5.74, 6) is 0.516. The summed E-state index contributed by atoms with van der Waals surface area (Å²) in [6.07, 6.45) is 0. The van der Waals surface area contributed by atoms with E-state index in [1.807, 2.05) is 44.2 Å². The number of rotatable bonds is 1. The van der Waals surface area contributed by atoms with Crippen molar-refractivity contribution in [1.82, 2.24) is 9.97 Å².